The summed E-state index contributed by atoms with van der Waals surface area (Å²) in [7, 11) is 0. The van der Waals surface area contributed by atoms with Gasteiger partial charge in [-0.3, -0.25) is 0 Å². The van der Waals surface area contributed by atoms with Crippen LogP contribution in [0.2, 0.25) is 9.36 Å². The van der Waals surface area contributed by atoms with Gasteiger partial charge in [-0.1, -0.05) is 88.5 Å². The van der Waals surface area contributed by atoms with Crippen molar-refractivity contribution < 1.29 is 9.53 Å². The summed E-state index contributed by atoms with van der Waals surface area (Å²) < 4.78 is 10.3. The normalized spacial score (nSPS) is 37.7. The fourth-order valence-corrected chi connectivity index (χ4v) is 10.5. The van der Waals surface area contributed by atoms with E-state index in [0.717, 1.165) is 54.5 Å². The fraction of sp³-hybridized carbons (Fsp3) is 0.758. The van der Waals surface area contributed by atoms with Crippen molar-refractivity contribution in [3.63, 3.8) is 0 Å². The molecule has 3 nitrogen and oxygen atoms in total. The Labute approximate surface area is 250 Å². The molecule has 0 N–H and O–H groups in total. The summed E-state index contributed by atoms with van der Waals surface area (Å²) in [5.41, 5.74) is 2.35. The van der Waals surface area contributed by atoms with E-state index in [0.29, 0.717) is 27.5 Å². The van der Waals surface area contributed by atoms with E-state index >= 15 is 0 Å². The minimum absolute atomic E-state index is 0.111. The molecule has 4 aliphatic carbocycles. The van der Waals surface area contributed by atoms with E-state index in [9.17, 15) is 4.79 Å². The molecule has 0 aromatic carbocycles. The summed E-state index contributed by atoms with van der Waals surface area (Å²) >= 11 is 13.2. The molecule has 0 saturated heterocycles. The first-order valence-electron chi connectivity index (χ1n) is 15.4. The maximum Gasteiger partial charge on any atom is 0.359 e. The largest absolute Gasteiger partial charge is 0.457 e. The van der Waals surface area contributed by atoms with E-state index in [1.54, 1.807) is 0 Å². The van der Waals surface area contributed by atoms with Crippen LogP contribution in [0.15, 0.2) is 23.8 Å². The summed E-state index contributed by atoms with van der Waals surface area (Å²) in [6.07, 6.45) is 18.2. The van der Waals surface area contributed by atoms with Crippen molar-refractivity contribution in [3.8, 4) is 0 Å². The SMILES string of the molecule is CC[C@@H](/C=C/[C@@H](C)[C@H]1CC[C@@H]2[C@H]3CC=C4C[C@@H](OC(=O)c5nsc(Cl)c5Cl)CC[C@]4(C)[C@@H]3CC[C@@]21C)C(C)C. The van der Waals surface area contributed by atoms with Gasteiger partial charge < -0.3 is 4.74 Å². The van der Waals surface area contributed by atoms with Gasteiger partial charge in [0.2, 0.25) is 0 Å². The lowest BCUT2D eigenvalue weighted by Gasteiger charge is -2.58. The van der Waals surface area contributed by atoms with E-state index in [4.69, 9.17) is 27.9 Å². The molecular formula is C33H47Cl2NO2S. The van der Waals surface area contributed by atoms with Crippen molar-refractivity contribution in [1.82, 2.24) is 4.37 Å². The van der Waals surface area contributed by atoms with Crippen molar-refractivity contribution >= 4 is 40.7 Å². The van der Waals surface area contributed by atoms with Crippen molar-refractivity contribution in [2.24, 2.45) is 52.3 Å². The number of aromatic nitrogens is 1. The second-order valence-electron chi connectivity index (χ2n) is 13.9. The lowest BCUT2D eigenvalue weighted by molar-refractivity contribution is -0.0565. The molecule has 1 heterocycles. The highest BCUT2D eigenvalue weighted by Gasteiger charge is 2.59. The molecular weight excluding hydrogens is 545 g/mol. The summed E-state index contributed by atoms with van der Waals surface area (Å²) in [4.78, 5) is 12.7. The molecule has 0 radical (unpaired) electrons. The number of allylic oxidation sites excluding steroid dienone is 3. The number of rotatable bonds is 7. The first kappa shape index (κ1) is 29.6. The Morgan fingerprint density at radius 1 is 1.13 bits per heavy atom. The van der Waals surface area contributed by atoms with Crippen molar-refractivity contribution in [2.45, 2.75) is 105 Å². The highest BCUT2D eigenvalue weighted by Crippen LogP contribution is 2.67. The van der Waals surface area contributed by atoms with Crippen LogP contribution >= 0.6 is 34.7 Å². The first-order chi connectivity index (χ1) is 18.5. The number of carbonyl (C=O) groups excluding carboxylic acids is 1. The van der Waals surface area contributed by atoms with Crippen LogP contribution in [0.5, 0.6) is 0 Å². The topological polar surface area (TPSA) is 39.2 Å². The molecule has 39 heavy (non-hydrogen) atoms. The van der Waals surface area contributed by atoms with Gasteiger partial charge in [-0.25, -0.2) is 4.79 Å². The van der Waals surface area contributed by atoms with Gasteiger partial charge in [0.15, 0.2) is 5.69 Å². The Hall–Kier alpha value is -0.840. The third kappa shape index (κ3) is 5.29. The zero-order chi connectivity index (χ0) is 28.1. The molecule has 0 aliphatic heterocycles. The van der Waals surface area contributed by atoms with E-state index in [1.165, 1.54) is 44.1 Å². The standard InChI is InChI=1S/C33H47Cl2NO2S/c1-7-21(19(2)3)9-8-20(4)25-12-13-26-24-11-10-22-18-23(38-31(37)29-28(34)30(35)39-36-29)14-16-32(22,5)27(24)15-17-33(25,26)6/h8-10,19-21,23-27H,7,11-18H2,1-6H3/b9-8+/t20-,21+,23+,24-,25-,26-,27-,32+,33-/m1/s1. The van der Waals surface area contributed by atoms with Crippen LogP contribution in [0, 0.1) is 52.3 Å². The van der Waals surface area contributed by atoms with Gasteiger partial charge in [0.25, 0.3) is 0 Å². The average molecular weight is 593 g/mol. The smallest absolute Gasteiger partial charge is 0.359 e. The predicted octanol–water partition coefficient (Wildman–Crippen LogP) is 10.4. The van der Waals surface area contributed by atoms with Gasteiger partial charge in [0.1, 0.15) is 15.5 Å². The Balaban J connectivity index is 1.27. The number of nitrogens with zero attached hydrogens (tertiary/aromatic N) is 1. The van der Waals surface area contributed by atoms with Crippen LogP contribution in [0.25, 0.3) is 0 Å². The zero-order valence-corrected chi connectivity index (χ0v) is 27.0. The van der Waals surface area contributed by atoms with Gasteiger partial charge in [0.05, 0.1) is 0 Å². The number of esters is 1. The minimum atomic E-state index is -0.446. The molecule has 9 atom stereocenters. The Kier molecular flexibility index (Phi) is 8.70. The second-order valence-corrected chi connectivity index (χ2v) is 15.7. The third-order valence-corrected chi connectivity index (χ3v) is 13.4. The number of ether oxygens (including phenoxy) is 1. The molecule has 216 valence electrons. The molecule has 6 heteroatoms. The number of hydrogen-bond acceptors (Lipinski definition) is 4. The third-order valence-electron chi connectivity index (χ3n) is 11.8. The van der Waals surface area contributed by atoms with E-state index < -0.39 is 5.97 Å². The highest BCUT2D eigenvalue weighted by molar-refractivity contribution is 7.11. The summed E-state index contributed by atoms with van der Waals surface area (Å²) in [5.74, 6) is 4.77. The van der Waals surface area contributed by atoms with Crippen LogP contribution in [-0.4, -0.2) is 16.4 Å². The molecule has 3 fully saturated rings. The number of hydrogen-bond donors (Lipinski definition) is 0. The summed E-state index contributed by atoms with van der Waals surface area (Å²) in [6, 6.07) is 0. The molecule has 0 spiro atoms. The molecule has 1 aromatic rings. The highest BCUT2D eigenvalue weighted by atomic mass is 35.5. The quantitative estimate of drug-likeness (QED) is 0.234. The van der Waals surface area contributed by atoms with Gasteiger partial charge in [-0.15, -0.1) is 0 Å². The maximum atomic E-state index is 12.7. The van der Waals surface area contributed by atoms with Gasteiger partial charge >= 0.3 is 5.97 Å². The molecule has 0 unspecified atom stereocenters. The van der Waals surface area contributed by atoms with E-state index in [1.807, 2.05) is 0 Å². The molecule has 0 bridgehead atoms. The Morgan fingerprint density at radius 2 is 1.90 bits per heavy atom. The van der Waals surface area contributed by atoms with Crippen LogP contribution in [-0.2, 0) is 4.74 Å². The second kappa shape index (κ2) is 11.4. The van der Waals surface area contributed by atoms with Crippen LogP contribution < -0.4 is 0 Å². The Morgan fingerprint density at radius 3 is 2.56 bits per heavy atom. The van der Waals surface area contributed by atoms with Gasteiger partial charge in [0, 0.05) is 6.42 Å². The van der Waals surface area contributed by atoms with E-state index in [2.05, 4.69) is 64.1 Å². The van der Waals surface area contributed by atoms with Crippen LogP contribution in [0.4, 0.5) is 0 Å². The van der Waals surface area contributed by atoms with Crippen molar-refractivity contribution in [2.75, 3.05) is 0 Å². The molecule has 5 rings (SSSR count). The van der Waals surface area contributed by atoms with Gasteiger partial charge in [-0.2, -0.15) is 4.37 Å². The van der Waals surface area contributed by atoms with Gasteiger partial charge in [-0.05, 0) is 115 Å². The molecule has 4 aliphatic rings. The average Bonchev–Trinajstić information content (AvgIpc) is 3.42. The van der Waals surface area contributed by atoms with Crippen molar-refractivity contribution in [1.29, 1.82) is 0 Å². The minimum Gasteiger partial charge on any atom is -0.457 e. The van der Waals surface area contributed by atoms with Crippen LogP contribution in [0.1, 0.15) is 110 Å². The van der Waals surface area contributed by atoms with E-state index in [-0.39, 0.29) is 22.2 Å². The maximum absolute atomic E-state index is 12.7. The molecule has 3 saturated carbocycles. The Bertz CT molecular complexity index is 1130. The molecule has 0 amide bonds. The summed E-state index contributed by atoms with van der Waals surface area (Å²) in [6.45, 7) is 14.7. The zero-order valence-electron chi connectivity index (χ0n) is 24.6. The summed E-state index contributed by atoms with van der Waals surface area (Å²) in [5, 5.41) is 0.210. The lowest BCUT2D eigenvalue weighted by atomic mass is 9.47. The first-order valence-corrected chi connectivity index (χ1v) is 16.9. The van der Waals surface area contributed by atoms with Crippen molar-refractivity contribution in [3.05, 3.63) is 38.9 Å². The predicted molar refractivity (Wildman–Crippen MR) is 163 cm³/mol. The number of carbonyl (C=O) groups is 1. The lowest BCUT2D eigenvalue weighted by Crippen LogP contribution is -2.51. The fourth-order valence-electron chi connectivity index (χ4n) is 9.51. The van der Waals surface area contributed by atoms with Crippen LogP contribution in [0.3, 0.4) is 0 Å². The molecule has 1 aromatic heterocycles. The number of fused-ring (bicyclic) bond motifs is 5. The number of halogens is 2. The monoisotopic (exact) mass is 591 g/mol.